The average molecular weight is 397 g/mol. The minimum atomic E-state index is -0.846. The minimum Gasteiger partial charge on any atom is -0.454 e. The number of hydrogen-bond donors (Lipinski definition) is 1. The summed E-state index contributed by atoms with van der Waals surface area (Å²) >= 11 is 0. The van der Waals surface area contributed by atoms with Gasteiger partial charge in [0.2, 0.25) is 17.7 Å². The molecule has 1 aliphatic carbocycles. The van der Waals surface area contributed by atoms with Crippen molar-refractivity contribution >= 4 is 41.0 Å². The molecule has 0 bridgehead atoms. The van der Waals surface area contributed by atoms with E-state index in [1.807, 2.05) is 12.2 Å². The monoisotopic (exact) mass is 397 g/mol. The standard InChI is InChI=1S/C20H19N3O6/c24-16-9-22(15-8-4-3-7-14(15)21-16)17(25)11-29-18(26)10-23-19(27)12-5-1-2-6-13(12)20(23)28/h1-4,7-8,12-13H,5-6,9-11H2,(H,21,24). The summed E-state index contributed by atoms with van der Waals surface area (Å²) in [5, 5.41) is 2.66. The second-order valence-electron chi connectivity index (χ2n) is 7.12. The fraction of sp³-hybridized carbons (Fsp3) is 0.350. The summed E-state index contributed by atoms with van der Waals surface area (Å²) < 4.78 is 5.00. The third-order valence-electron chi connectivity index (χ3n) is 5.31. The van der Waals surface area contributed by atoms with Crippen molar-refractivity contribution in [2.24, 2.45) is 11.8 Å². The molecule has 0 spiro atoms. The first-order valence-corrected chi connectivity index (χ1v) is 9.31. The van der Waals surface area contributed by atoms with Crippen molar-refractivity contribution in [3.63, 3.8) is 0 Å². The summed E-state index contributed by atoms with van der Waals surface area (Å²) in [4.78, 5) is 63.4. The zero-order valence-corrected chi connectivity index (χ0v) is 15.5. The smallest absolute Gasteiger partial charge is 0.326 e. The van der Waals surface area contributed by atoms with E-state index in [1.54, 1.807) is 24.3 Å². The summed E-state index contributed by atoms with van der Waals surface area (Å²) in [6.45, 7) is -1.30. The van der Waals surface area contributed by atoms with Crippen molar-refractivity contribution in [3.8, 4) is 0 Å². The molecule has 0 radical (unpaired) electrons. The number of carbonyl (C=O) groups excluding carboxylic acids is 5. The lowest BCUT2D eigenvalue weighted by molar-refractivity contribution is -0.154. The first-order chi connectivity index (χ1) is 14.0. The van der Waals surface area contributed by atoms with Gasteiger partial charge in [-0.15, -0.1) is 0 Å². The molecule has 1 saturated heterocycles. The Kier molecular flexibility index (Phi) is 4.87. The van der Waals surface area contributed by atoms with Gasteiger partial charge in [-0.1, -0.05) is 24.3 Å². The average Bonchev–Trinajstić information content (AvgIpc) is 2.96. The number of allylic oxidation sites excluding steroid dienone is 2. The van der Waals surface area contributed by atoms with Gasteiger partial charge in [0.25, 0.3) is 5.91 Å². The Morgan fingerprint density at radius 1 is 1.03 bits per heavy atom. The van der Waals surface area contributed by atoms with E-state index < -0.39 is 36.9 Å². The number of imide groups is 1. The number of ether oxygens (including phenoxy) is 1. The molecular formula is C20H19N3O6. The summed E-state index contributed by atoms with van der Waals surface area (Å²) in [5.41, 5.74) is 1.00. The van der Waals surface area contributed by atoms with Crippen molar-refractivity contribution in [2.45, 2.75) is 12.8 Å². The SMILES string of the molecule is O=C1CN(C(=O)COC(=O)CN2C(=O)C3CC=CCC3C2=O)c2ccccc2N1. The highest BCUT2D eigenvalue weighted by Gasteiger charge is 2.47. The van der Waals surface area contributed by atoms with Crippen LogP contribution >= 0.6 is 0 Å². The molecule has 9 heteroatoms. The summed E-state index contributed by atoms with van der Waals surface area (Å²) in [6, 6.07) is 6.79. The first kappa shape index (κ1) is 18.9. The van der Waals surface area contributed by atoms with Crippen LogP contribution in [0.3, 0.4) is 0 Å². The Labute approximate surface area is 166 Å². The topological polar surface area (TPSA) is 113 Å². The van der Waals surface area contributed by atoms with Gasteiger partial charge in [-0.2, -0.15) is 0 Å². The number of hydrogen-bond acceptors (Lipinski definition) is 6. The Morgan fingerprint density at radius 2 is 1.69 bits per heavy atom. The van der Waals surface area contributed by atoms with Gasteiger partial charge in [0.05, 0.1) is 23.2 Å². The number of para-hydroxylation sites is 2. The maximum Gasteiger partial charge on any atom is 0.326 e. The molecule has 4 rings (SSSR count). The normalized spacial score (nSPS) is 22.8. The highest BCUT2D eigenvalue weighted by atomic mass is 16.5. The number of esters is 1. The largest absolute Gasteiger partial charge is 0.454 e. The molecule has 2 aliphatic heterocycles. The molecule has 9 nitrogen and oxygen atoms in total. The van der Waals surface area contributed by atoms with Crippen LogP contribution in [0.5, 0.6) is 0 Å². The quantitative estimate of drug-likeness (QED) is 0.449. The van der Waals surface area contributed by atoms with Crippen LogP contribution in [-0.2, 0) is 28.7 Å². The number of fused-ring (bicyclic) bond motifs is 2. The molecule has 29 heavy (non-hydrogen) atoms. The lowest BCUT2D eigenvalue weighted by Crippen LogP contribution is -2.44. The van der Waals surface area contributed by atoms with Gasteiger partial charge >= 0.3 is 5.97 Å². The molecule has 4 amide bonds. The van der Waals surface area contributed by atoms with Crippen LogP contribution in [0.25, 0.3) is 0 Å². The number of anilines is 2. The van der Waals surface area contributed by atoms with E-state index in [2.05, 4.69) is 5.32 Å². The molecule has 3 aliphatic rings. The Bertz CT molecular complexity index is 914. The number of nitrogens with zero attached hydrogens (tertiary/aromatic N) is 2. The van der Waals surface area contributed by atoms with E-state index in [-0.39, 0.29) is 24.3 Å². The molecule has 1 aromatic rings. The highest BCUT2D eigenvalue weighted by Crippen LogP contribution is 2.35. The predicted octanol–water partition coefficient (Wildman–Crippen LogP) is 0.466. The third kappa shape index (κ3) is 3.51. The maximum atomic E-state index is 12.5. The number of benzene rings is 1. The Hall–Kier alpha value is -3.49. The van der Waals surface area contributed by atoms with E-state index in [0.29, 0.717) is 24.2 Å². The van der Waals surface area contributed by atoms with Gasteiger partial charge in [-0.3, -0.25) is 33.8 Å². The van der Waals surface area contributed by atoms with Crippen molar-refractivity contribution in [1.29, 1.82) is 0 Å². The molecule has 150 valence electrons. The second-order valence-corrected chi connectivity index (χ2v) is 7.12. The lowest BCUT2D eigenvalue weighted by Gasteiger charge is -2.28. The molecule has 2 atom stereocenters. The molecular weight excluding hydrogens is 378 g/mol. The summed E-state index contributed by atoms with van der Waals surface area (Å²) in [5.74, 6) is -3.38. The molecule has 1 aromatic carbocycles. The zero-order valence-electron chi connectivity index (χ0n) is 15.5. The van der Waals surface area contributed by atoms with Crippen molar-refractivity contribution in [3.05, 3.63) is 36.4 Å². The van der Waals surface area contributed by atoms with Crippen LogP contribution in [0.2, 0.25) is 0 Å². The van der Waals surface area contributed by atoms with Gasteiger partial charge < -0.3 is 10.1 Å². The van der Waals surface area contributed by atoms with Crippen LogP contribution in [-0.4, -0.2) is 54.2 Å². The van der Waals surface area contributed by atoms with Crippen molar-refractivity contribution < 1.29 is 28.7 Å². The van der Waals surface area contributed by atoms with Gasteiger partial charge in [0, 0.05) is 0 Å². The summed E-state index contributed by atoms with van der Waals surface area (Å²) in [6.07, 6.45) is 4.68. The van der Waals surface area contributed by atoms with Gasteiger partial charge in [0.15, 0.2) is 6.61 Å². The molecule has 2 unspecified atom stereocenters. The first-order valence-electron chi connectivity index (χ1n) is 9.31. The molecule has 1 N–H and O–H groups in total. The fourth-order valence-electron chi connectivity index (χ4n) is 3.88. The van der Waals surface area contributed by atoms with E-state index in [9.17, 15) is 24.0 Å². The minimum absolute atomic E-state index is 0.188. The molecule has 2 heterocycles. The second kappa shape index (κ2) is 7.50. The molecule has 1 fully saturated rings. The highest BCUT2D eigenvalue weighted by molar-refractivity contribution is 6.10. The number of carbonyl (C=O) groups is 5. The van der Waals surface area contributed by atoms with Crippen LogP contribution in [0, 0.1) is 11.8 Å². The fourth-order valence-corrected chi connectivity index (χ4v) is 3.88. The molecule has 0 aromatic heterocycles. The maximum absolute atomic E-state index is 12.5. The van der Waals surface area contributed by atoms with E-state index in [1.165, 1.54) is 4.90 Å². The van der Waals surface area contributed by atoms with E-state index in [4.69, 9.17) is 4.74 Å². The van der Waals surface area contributed by atoms with Gasteiger partial charge in [0.1, 0.15) is 13.1 Å². The number of rotatable bonds is 4. The number of nitrogens with one attached hydrogen (secondary N) is 1. The van der Waals surface area contributed by atoms with Crippen LogP contribution in [0.1, 0.15) is 12.8 Å². The predicted molar refractivity (Wildman–Crippen MR) is 100 cm³/mol. The van der Waals surface area contributed by atoms with E-state index >= 15 is 0 Å². The van der Waals surface area contributed by atoms with Crippen molar-refractivity contribution in [1.82, 2.24) is 4.90 Å². The van der Waals surface area contributed by atoms with Crippen LogP contribution < -0.4 is 10.2 Å². The van der Waals surface area contributed by atoms with Crippen molar-refractivity contribution in [2.75, 3.05) is 29.9 Å². The summed E-state index contributed by atoms with van der Waals surface area (Å²) in [7, 11) is 0. The van der Waals surface area contributed by atoms with E-state index in [0.717, 1.165) is 4.90 Å². The number of amides is 4. The van der Waals surface area contributed by atoms with Crippen LogP contribution in [0.15, 0.2) is 36.4 Å². The molecule has 0 saturated carbocycles. The number of likely N-dealkylation sites (tertiary alicyclic amines) is 1. The Morgan fingerprint density at radius 3 is 2.38 bits per heavy atom. The van der Waals surface area contributed by atoms with Crippen LogP contribution in [0.4, 0.5) is 11.4 Å². The third-order valence-corrected chi connectivity index (χ3v) is 5.31. The van der Waals surface area contributed by atoms with Gasteiger partial charge in [-0.05, 0) is 25.0 Å². The zero-order chi connectivity index (χ0) is 20.5. The Balaban J connectivity index is 1.36. The van der Waals surface area contributed by atoms with Gasteiger partial charge in [-0.25, -0.2) is 0 Å². The lowest BCUT2D eigenvalue weighted by atomic mass is 9.85.